The first-order valence-electron chi connectivity index (χ1n) is 7.15. The highest BCUT2D eigenvalue weighted by Gasteiger charge is 2.10. The molecule has 0 aliphatic rings. The lowest BCUT2D eigenvalue weighted by Crippen LogP contribution is -2.05. The SMILES string of the molecule is CCCn1nnnc1CSc1nncn1CCc1cccs1. The lowest BCUT2D eigenvalue weighted by molar-refractivity contribution is 0.564. The van der Waals surface area contributed by atoms with Crippen molar-refractivity contribution in [1.29, 1.82) is 0 Å². The zero-order valence-electron chi connectivity index (χ0n) is 12.3. The first-order valence-corrected chi connectivity index (χ1v) is 9.01. The highest BCUT2D eigenvalue weighted by Crippen LogP contribution is 2.20. The topological polar surface area (TPSA) is 74.3 Å². The molecule has 0 unspecified atom stereocenters. The summed E-state index contributed by atoms with van der Waals surface area (Å²) in [6.07, 6.45) is 3.79. The largest absolute Gasteiger partial charge is 0.308 e. The molecule has 0 amide bonds. The predicted molar refractivity (Wildman–Crippen MR) is 85.7 cm³/mol. The molecule has 116 valence electrons. The van der Waals surface area contributed by atoms with Crippen LogP contribution in [0.4, 0.5) is 0 Å². The van der Waals surface area contributed by atoms with Gasteiger partial charge in [0, 0.05) is 18.0 Å². The van der Waals surface area contributed by atoms with Crippen molar-refractivity contribution < 1.29 is 0 Å². The molecule has 0 aliphatic carbocycles. The maximum atomic E-state index is 4.19. The third kappa shape index (κ3) is 3.72. The Morgan fingerprint density at radius 2 is 2.23 bits per heavy atom. The van der Waals surface area contributed by atoms with Gasteiger partial charge in [-0.1, -0.05) is 24.8 Å². The van der Waals surface area contributed by atoms with Crippen molar-refractivity contribution in [3.05, 3.63) is 34.5 Å². The molecule has 3 aromatic rings. The third-order valence-corrected chi connectivity index (χ3v) is 5.04. The van der Waals surface area contributed by atoms with Crippen LogP contribution in [0.3, 0.4) is 0 Å². The Morgan fingerprint density at radius 1 is 1.27 bits per heavy atom. The van der Waals surface area contributed by atoms with Crippen LogP contribution in [0.2, 0.25) is 0 Å². The first-order chi connectivity index (χ1) is 10.9. The molecule has 22 heavy (non-hydrogen) atoms. The van der Waals surface area contributed by atoms with Crippen molar-refractivity contribution in [2.24, 2.45) is 0 Å². The lowest BCUT2D eigenvalue weighted by atomic mass is 10.3. The van der Waals surface area contributed by atoms with Gasteiger partial charge in [-0.3, -0.25) is 0 Å². The molecule has 7 nitrogen and oxygen atoms in total. The Hall–Kier alpha value is -1.74. The maximum Gasteiger partial charge on any atom is 0.191 e. The lowest BCUT2D eigenvalue weighted by Gasteiger charge is -2.05. The van der Waals surface area contributed by atoms with Gasteiger partial charge in [-0.15, -0.1) is 26.6 Å². The van der Waals surface area contributed by atoms with E-state index in [2.05, 4.69) is 54.7 Å². The zero-order chi connectivity index (χ0) is 15.2. The smallest absolute Gasteiger partial charge is 0.191 e. The van der Waals surface area contributed by atoms with E-state index in [4.69, 9.17) is 0 Å². The second kappa shape index (κ2) is 7.50. The average Bonchev–Trinajstić information content (AvgIpc) is 3.26. The molecule has 9 heteroatoms. The van der Waals surface area contributed by atoms with Crippen molar-refractivity contribution in [2.45, 2.75) is 43.8 Å². The van der Waals surface area contributed by atoms with E-state index in [1.807, 2.05) is 4.68 Å². The maximum absolute atomic E-state index is 4.19. The van der Waals surface area contributed by atoms with E-state index in [0.29, 0.717) is 5.75 Å². The first kappa shape index (κ1) is 15.2. The quantitative estimate of drug-likeness (QED) is 0.588. The summed E-state index contributed by atoms with van der Waals surface area (Å²) in [6.45, 7) is 3.84. The molecule has 3 rings (SSSR count). The minimum Gasteiger partial charge on any atom is -0.308 e. The van der Waals surface area contributed by atoms with E-state index in [1.54, 1.807) is 29.4 Å². The molecule has 3 heterocycles. The molecule has 3 aromatic heterocycles. The number of hydrogen-bond donors (Lipinski definition) is 0. The summed E-state index contributed by atoms with van der Waals surface area (Å²) in [5.74, 6) is 1.57. The van der Waals surface area contributed by atoms with E-state index in [9.17, 15) is 0 Å². The van der Waals surface area contributed by atoms with Crippen LogP contribution in [0.5, 0.6) is 0 Å². The normalized spacial score (nSPS) is 11.1. The van der Waals surface area contributed by atoms with Crippen LogP contribution < -0.4 is 0 Å². The number of hydrogen-bond acceptors (Lipinski definition) is 7. The summed E-state index contributed by atoms with van der Waals surface area (Å²) in [7, 11) is 0. The zero-order valence-corrected chi connectivity index (χ0v) is 13.9. The number of aryl methyl sites for hydroxylation is 3. The van der Waals surface area contributed by atoms with Crippen molar-refractivity contribution >= 4 is 23.1 Å². The Labute approximate surface area is 136 Å². The number of thioether (sulfide) groups is 1. The average molecular weight is 335 g/mol. The number of thiophene rings is 1. The Bertz CT molecular complexity index is 689. The summed E-state index contributed by atoms with van der Waals surface area (Å²) in [5.41, 5.74) is 0. The van der Waals surface area contributed by atoms with Gasteiger partial charge in [0.05, 0.1) is 5.75 Å². The number of rotatable bonds is 8. The van der Waals surface area contributed by atoms with Crippen molar-refractivity contribution in [3.63, 3.8) is 0 Å². The van der Waals surface area contributed by atoms with Gasteiger partial charge >= 0.3 is 0 Å². The number of aromatic nitrogens is 7. The summed E-state index contributed by atoms with van der Waals surface area (Å²) in [6, 6.07) is 4.23. The molecule has 0 radical (unpaired) electrons. The monoisotopic (exact) mass is 335 g/mol. The van der Waals surface area contributed by atoms with E-state index in [-0.39, 0.29) is 0 Å². The van der Waals surface area contributed by atoms with Gasteiger partial charge in [-0.2, -0.15) is 0 Å². The number of nitrogens with zero attached hydrogens (tertiary/aromatic N) is 7. The van der Waals surface area contributed by atoms with E-state index in [1.165, 1.54) is 4.88 Å². The minimum atomic E-state index is 0.699. The van der Waals surface area contributed by atoms with Gasteiger partial charge in [-0.25, -0.2) is 4.68 Å². The van der Waals surface area contributed by atoms with Gasteiger partial charge in [0.15, 0.2) is 11.0 Å². The molecule has 0 atom stereocenters. The fraction of sp³-hybridized carbons (Fsp3) is 0.462. The fourth-order valence-electron chi connectivity index (χ4n) is 2.04. The molecule has 0 saturated heterocycles. The van der Waals surface area contributed by atoms with Gasteiger partial charge in [0.25, 0.3) is 0 Å². The van der Waals surface area contributed by atoms with E-state index in [0.717, 1.165) is 36.9 Å². The Kier molecular flexibility index (Phi) is 5.17. The fourth-order valence-corrected chi connectivity index (χ4v) is 3.61. The molecular formula is C13H17N7S2. The van der Waals surface area contributed by atoms with Gasteiger partial charge in [0.1, 0.15) is 6.33 Å². The molecule has 0 aromatic carbocycles. The molecular weight excluding hydrogens is 318 g/mol. The van der Waals surface area contributed by atoms with Crippen LogP contribution in [0.1, 0.15) is 24.0 Å². The standard InChI is InChI=1S/C13H17N7S2/c1-2-6-20-12(15-17-18-20)9-22-13-16-14-10-19(13)7-5-11-4-3-8-21-11/h3-4,8,10H,2,5-7,9H2,1H3. The third-order valence-electron chi connectivity index (χ3n) is 3.13. The van der Waals surface area contributed by atoms with Crippen molar-refractivity contribution in [1.82, 2.24) is 35.0 Å². The molecule has 0 aliphatic heterocycles. The number of tetrazole rings is 1. The Morgan fingerprint density at radius 3 is 3.05 bits per heavy atom. The molecule has 0 bridgehead atoms. The summed E-state index contributed by atoms with van der Waals surface area (Å²) < 4.78 is 3.93. The van der Waals surface area contributed by atoms with Crippen molar-refractivity contribution in [3.8, 4) is 0 Å². The highest BCUT2D eigenvalue weighted by atomic mass is 32.2. The van der Waals surface area contributed by atoms with Crippen LogP contribution in [0, 0.1) is 0 Å². The second-order valence-corrected chi connectivity index (χ2v) is 6.72. The second-order valence-electron chi connectivity index (χ2n) is 4.74. The van der Waals surface area contributed by atoms with Gasteiger partial charge in [-0.05, 0) is 34.7 Å². The van der Waals surface area contributed by atoms with Crippen molar-refractivity contribution in [2.75, 3.05) is 0 Å². The van der Waals surface area contributed by atoms with Gasteiger partial charge < -0.3 is 4.57 Å². The highest BCUT2D eigenvalue weighted by molar-refractivity contribution is 7.98. The van der Waals surface area contributed by atoms with Crippen LogP contribution in [0.25, 0.3) is 0 Å². The van der Waals surface area contributed by atoms with E-state index < -0.39 is 0 Å². The van der Waals surface area contributed by atoms with E-state index >= 15 is 0 Å². The molecule has 0 saturated carbocycles. The van der Waals surface area contributed by atoms with Crippen LogP contribution in [0.15, 0.2) is 29.0 Å². The molecule has 0 N–H and O–H groups in total. The van der Waals surface area contributed by atoms with Crippen LogP contribution in [-0.4, -0.2) is 35.0 Å². The van der Waals surface area contributed by atoms with Crippen LogP contribution in [-0.2, 0) is 25.3 Å². The minimum absolute atomic E-state index is 0.699. The summed E-state index contributed by atoms with van der Waals surface area (Å²) in [5, 5.41) is 23.0. The molecule has 0 spiro atoms. The summed E-state index contributed by atoms with van der Waals surface area (Å²) in [4.78, 5) is 1.37. The van der Waals surface area contributed by atoms with Crippen LogP contribution >= 0.6 is 23.1 Å². The summed E-state index contributed by atoms with van der Waals surface area (Å²) >= 11 is 3.40. The predicted octanol–water partition coefficient (Wildman–Crippen LogP) is 2.27. The molecule has 0 fully saturated rings. The Balaban J connectivity index is 1.59. The van der Waals surface area contributed by atoms with Gasteiger partial charge in [0.2, 0.25) is 0 Å².